The van der Waals surface area contributed by atoms with Crippen LogP contribution in [0.4, 0.5) is 0 Å². The first-order valence-electron chi connectivity index (χ1n) is 8.96. The number of ether oxygens (including phenoxy) is 3. The van der Waals surface area contributed by atoms with Gasteiger partial charge in [0.2, 0.25) is 5.75 Å². The third kappa shape index (κ3) is 14.1. The fourth-order valence-electron chi connectivity index (χ4n) is 2.34. The summed E-state index contributed by atoms with van der Waals surface area (Å²) in [5, 5.41) is 0. The van der Waals surface area contributed by atoms with Crippen molar-refractivity contribution in [3.8, 4) is 0 Å². The molecular formula is C20H35ClO4. The third-order valence-electron chi connectivity index (χ3n) is 3.69. The standard InChI is InChI=1S/C20H35ClO4/c1-15(2)24-18(22)14-17(4)11-8-10-16(3)12-9-13-20(5,6)25-19(21)23-7/h8,11,14-16,19H,9-10,12-13H2,1-7H3/b11-8+,17-14+. The molecule has 0 N–H and O–H groups in total. The molecule has 0 aromatic heterocycles. The minimum absolute atomic E-state index is 0.0910. The molecule has 25 heavy (non-hydrogen) atoms. The molecule has 5 heteroatoms. The van der Waals surface area contributed by atoms with Crippen LogP contribution in [0.25, 0.3) is 0 Å². The number of carbonyl (C=O) groups excluding carboxylic acids is 1. The molecule has 0 aliphatic rings. The average molecular weight is 375 g/mol. The molecular weight excluding hydrogens is 340 g/mol. The number of halogens is 1. The van der Waals surface area contributed by atoms with E-state index in [0.717, 1.165) is 31.3 Å². The zero-order valence-electron chi connectivity index (χ0n) is 16.8. The van der Waals surface area contributed by atoms with E-state index in [1.54, 1.807) is 0 Å². The second-order valence-corrected chi connectivity index (χ2v) is 7.75. The van der Waals surface area contributed by atoms with E-state index in [2.05, 4.69) is 13.0 Å². The van der Waals surface area contributed by atoms with Crippen LogP contribution in [0, 0.1) is 5.92 Å². The van der Waals surface area contributed by atoms with Gasteiger partial charge in [-0.3, -0.25) is 0 Å². The van der Waals surface area contributed by atoms with Gasteiger partial charge in [0, 0.05) is 13.2 Å². The Labute approximate surface area is 158 Å². The van der Waals surface area contributed by atoms with Crippen molar-refractivity contribution in [2.24, 2.45) is 5.92 Å². The number of rotatable bonds is 12. The molecule has 0 aromatic carbocycles. The maximum atomic E-state index is 11.5. The summed E-state index contributed by atoms with van der Waals surface area (Å²) in [7, 11) is 1.53. The van der Waals surface area contributed by atoms with E-state index in [1.807, 2.05) is 40.7 Å². The Morgan fingerprint density at radius 2 is 1.88 bits per heavy atom. The van der Waals surface area contributed by atoms with E-state index in [0.29, 0.717) is 5.92 Å². The lowest BCUT2D eigenvalue weighted by Crippen LogP contribution is -2.29. The lowest BCUT2D eigenvalue weighted by molar-refractivity contribution is -0.146. The van der Waals surface area contributed by atoms with Crippen molar-refractivity contribution in [2.45, 2.75) is 84.7 Å². The van der Waals surface area contributed by atoms with E-state index in [1.165, 1.54) is 13.2 Å². The topological polar surface area (TPSA) is 44.8 Å². The SMILES string of the molecule is COC(Cl)OC(C)(C)CCCC(C)C/C=C/C(C)=C/C(=O)OC(C)C. The molecule has 4 nitrogen and oxygen atoms in total. The van der Waals surface area contributed by atoms with Gasteiger partial charge >= 0.3 is 5.97 Å². The Bertz CT molecular complexity index is 441. The summed E-state index contributed by atoms with van der Waals surface area (Å²) in [4.78, 5) is 11.5. The van der Waals surface area contributed by atoms with Crippen LogP contribution in [0.1, 0.15) is 67.2 Å². The van der Waals surface area contributed by atoms with Gasteiger partial charge in [0.1, 0.15) is 0 Å². The van der Waals surface area contributed by atoms with E-state index >= 15 is 0 Å². The molecule has 0 radical (unpaired) electrons. The fraction of sp³-hybridized carbons (Fsp3) is 0.750. The molecule has 0 aliphatic carbocycles. The highest BCUT2D eigenvalue weighted by atomic mass is 35.5. The zero-order valence-corrected chi connectivity index (χ0v) is 17.6. The van der Waals surface area contributed by atoms with Gasteiger partial charge in [-0.05, 0) is 59.0 Å². The molecule has 0 saturated carbocycles. The maximum absolute atomic E-state index is 11.5. The lowest BCUT2D eigenvalue weighted by Gasteiger charge is -2.27. The highest BCUT2D eigenvalue weighted by molar-refractivity contribution is 6.18. The molecule has 0 bridgehead atoms. The van der Waals surface area contributed by atoms with Crippen LogP contribution in [0.15, 0.2) is 23.8 Å². The van der Waals surface area contributed by atoms with Crippen LogP contribution in [0.5, 0.6) is 0 Å². The summed E-state index contributed by atoms with van der Waals surface area (Å²) in [6.45, 7) is 11.9. The Balaban J connectivity index is 4.12. The van der Waals surface area contributed by atoms with E-state index in [-0.39, 0.29) is 17.7 Å². The Morgan fingerprint density at radius 1 is 1.24 bits per heavy atom. The predicted octanol–water partition coefficient (Wildman–Crippen LogP) is 5.60. The van der Waals surface area contributed by atoms with Gasteiger partial charge in [0.15, 0.2) is 0 Å². The summed E-state index contributed by atoms with van der Waals surface area (Å²) in [6.07, 6.45) is 9.59. The smallest absolute Gasteiger partial charge is 0.331 e. The van der Waals surface area contributed by atoms with Crippen LogP contribution in [-0.2, 0) is 19.0 Å². The number of alkyl halides is 1. The van der Waals surface area contributed by atoms with Crippen molar-refractivity contribution >= 4 is 17.6 Å². The number of hydrogen-bond donors (Lipinski definition) is 0. The van der Waals surface area contributed by atoms with Crippen molar-refractivity contribution in [3.63, 3.8) is 0 Å². The minimum atomic E-state index is -0.701. The van der Waals surface area contributed by atoms with Gasteiger partial charge in [-0.15, -0.1) is 0 Å². The van der Waals surface area contributed by atoms with E-state index in [9.17, 15) is 4.79 Å². The molecule has 0 aromatic rings. The van der Waals surface area contributed by atoms with Crippen LogP contribution < -0.4 is 0 Å². The van der Waals surface area contributed by atoms with Crippen molar-refractivity contribution in [1.29, 1.82) is 0 Å². The molecule has 2 atom stereocenters. The van der Waals surface area contributed by atoms with Crippen LogP contribution in [0.3, 0.4) is 0 Å². The van der Waals surface area contributed by atoms with Gasteiger partial charge in [-0.25, -0.2) is 4.79 Å². The Morgan fingerprint density at radius 3 is 2.44 bits per heavy atom. The molecule has 0 spiro atoms. The first-order valence-corrected chi connectivity index (χ1v) is 9.39. The number of esters is 1. The van der Waals surface area contributed by atoms with Crippen molar-refractivity contribution in [2.75, 3.05) is 7.11 Å². The highest BCUT2D eigenvalue weighted by Gasteiger charge is 2.22. The van der Waals surface area contributed by atoms with Crippen LogP contribution in [0.2, 0.25) is 0 Å². The first-order chi connectivity index (χ1) is 11.6. The zero-order chi connectivity index (χ0) is 19.5. The molecule has 0 fully saturated rings. The Kier molecular flexibility index (Phi) is 12.1. The van der Waals surface area contributed by atoms with E-state index < -0.39 is 5.75 Å². The lowest BCUT2D eigenvalue weighted by atomic mass is 9.95. The molecule has 0 saturated heterocycles. The van der Waals surface area contributed by atoms with Gasteiger partial charge < -0.3 is 14.2 Å². The largest absolute Gasteiger partial charge is 0.460 e. The van der Waals surface area contributed by atoms with Gasteiger partial charge in [-0.1, -0.05) is 43.5 Å². The highest BCUT2D eigenvalue weighted by Crippen LogP contribution is 2.24. The van der Waals surface area contributed by atoms with Gasteiger partial charge in [0.05, 0.1) is 11.7 Å². The molecule has 0 aliphatic heterocycles. The van der Waals surface area contributed by atoms with Crippen LogP contribution >= 0.6 is 11.6 Å². The molecule has 0 amide bonds. The monoisotopic (exact) mass is 374 g/mol. The maximum Gasteiger partial charge on any atom is 0.331 e. The summed E-state index contributed by atoms with van der Waals surface area (Å²) in [5.74, 6) is -0.426. The number of hydrogen-bond acceptors (Lipinski definition) is 4. The minimum Gasteiger partial charge on any atom is -0.460 e. The fourth-order valence-corrected chi connectivity index (χ4v) is 2.58. The van der Waals surface area contributed by atoms with Crippen LogP contribution in [-0.4, -0.2) is 30.5 Å². The number of allylic oxidation sites excluding steroid dienone is 3. The van der Waals surface area contributed by atoms with Gasteiger partial charge in [0.25, 0.3) is 0 Å². The first kappa shape index (κ1) is 24.2. The third-order valence-corrected chi connectivity index (χ3v) is 3.96. The molecule has 0 rings (SSSR count). The Hall–Kier alpha value is -0.840. The molecule has 146 valence electrons. The molecule has 2 unspecified atom stereocenters. The quantitative estimate of drug-likeness (QED) is 0.146. The number of carbonyl (C=O) groups is 1. The predicted molar refractivity (Wildman–Crippen MR) is 104 cm³/mol. The second-order valence-electron chi connectivity index (χ2n) is 7.40. The second kappa shape index (κ2) is 12.5. The summed E-state index contributed by atoms with van der Waals surface area (Å²) in [6, 6.07) is 0. The number of methoxy groups -OCH3 is 1. The van der Waals surface area contributed by atoms with Crippen molar-refractivity contribution in [1.82, 2.24) is 0 Å². The summed E-state index contributed by atoms with van der Waals surface area (Å²) >= 11 is 5.86. The average Bonchev–Trinajstić information content (AvgIpc) is 2.45. The van der Waals surface area contributed by atoms with Crippen molar-refractivity contribution in [3.05, 3.63) is 23.8 Å². The molecule has 0 heterocycles. The van der Waals surface area contributed by atoms with Crippen molar-refractivity contribution < 1.29 is 19.0 Å². The van der Waals surface area contributed by atoms with E-state index in [4.69, 9.17) is 25.8 Å². The van der Waals surface area contributed by atoms with Gasteiger partial charge in [-0.2, -0.15) is 0 Å². The summed E-state index contributed by atoms with van der Waals surface area (Å²) < 4.78 is 15.6. The normalized spacial score (nSPS) is 15.6. The summed E-state index contributed by atoms with van der Waals surface area (Å²) in [5.41, 5.74) is 0.605.